The lowest BCUT2D eigenvalue weighted by molar-refractivity contribution is -0.135. The molecular weight excluding hydrogens is 228 g/mol. The molecule has 1 rings (SSSR count). The number of carbonyl (C=O) groups is 2. The van der Waals surface area contributed by atoms with Gasteiger partial charge in [-0.25, -0.2) is 0 Å². The van der Waals surface area contributed by atoms with E-state index in [1.807, 2.05) is 44.2 Å². The van der Waals surface area contributed by atoms with E-state index in [9.17, 15) is 9.59 Å². The minimum absolute atomic E-state index is 0.0861. The Morgan fingerprint density at radius 1 is 1.22 bits per heavy atom. The molecule has 0 saturated heterocycles. The van der Waals surface area contributed by atoms with Crippen LogP contribution >= 0.6 is 0 Å². The predicted molar refractivity (Wildman–Crippen MR) is 70.8 cm³/mol. The van der Waals surface area contributed by atoms with Crippen LogP contribution in [-0.2, 0) is 16.1 Å². The second-order valence-corrected chi connectivity index (χ2v) is 4.58. The fourth-order valence-electron chi connectivity index (χ4n) is 1.62. The molecule has 1 aromatic rings. The van der Waals surface area contributed by atoms with Gasteiger partial charge < -0.3 is 10.2 Å². The van der Waals surface area contributed by atoms with Crippen LogP contribution in [0.25, 0.3) is 0 Å². The van der Waals surface area contributed by atoms with E-state index in [-0.39, 0.29) is 24.4 Å². The summed E-state index contributed by atoms with van der Waals surface area (Å²) in [6.07, 6.45) is 0. The summed E-state index contributed by atoms with van der Waals surface area (Å²) in [4.78, 5) is 24.7. The second kappa shape index (κ2) is 6.79. The zero-order valence-electron chi connectivity index (χ0n) is 11.1. The Labute approximate surface area is 108 Å². The highest BCUT2D eigenvalue weighted by atomic mass is 16.2. The molecule has 1 aromatic carbocycles. The third kappa shape index (κ3) is 4.99. The molecule has 0 unspecified atom stereocenters. The Balaban J connectivity index is 2.61. The molecule has 4 heteroatoms. The van der Waals surface area contributed by atoms with Gasteiger partial charge in [-0.2, -0.15) is 0 Å². The lowest BCUT2D eigenvalue weighted by Gasteiger charge is -2.21. The van der Waals surface area contributed by atoms with Crippen molar-refractivity contribution in [3.8, 4) is 0 Å². The van der Waals surface area contributed by atoms with Crippen molar-refractivity contribution in [1.82, 2.24) is 10.2 Å². The van der Waals surface area contributed by atoms with E-state index in [4.69, 9.17) is 0 Å². The first-order valence-electron chi connectivity index (χ1n) is 6.08. The van der Waals surface area contributed by atoms with Crippen molar-refractivity contribution in [2.45, 2.75) is 33.4 Å². The number of nitrogens with one attached hydrogen (secondary N) is 1. The van der Waals surface area contributed by atoms with Crippen LogP contribution in [0.1, 0.15) is 26.3 Å². The van der Waals surface area contributed by atoms with Crippen molar-refractivity contribution in [2.24, 2.45) is 0 Å². The molecule has 0 aliphatic rings. The molecule has 0 aliphatic carbocycles. The average molecular weight is 248 g/mol. The van der Waals surface area contributed by atoms with Crippen molar-refractivity contribution in [3.05, 3.63) is 35.9 Å². The lowest BCUT2D eigenvalue weighted by Crippen LogP contribution is -2.41. The van der Waals surface area contributed by atoms with Crippen molar-refractivity contribution in [3.63, 3.8) is 0 Å². The van der Waals surface area contributed by atoms with Gasteiger partial charge in [0.1, 0.15) is 0 Å². The predicted octanol–water partition coefficient (Wildman–Crippen LogP) is 1.56. The summed E-state index contributed by atoms with van der Waals surface area (Å²) < 4.78 is 0. The van der Waals surface area contributed by atoms with E-state index < -0.39 is 0 Å². The van der Waals surface area contributed by atoms with Gasteiger partial charge in [-0.05, 0) is 19.4 Å². The van der Waals surface area contributed by atoms with Gasteiger partial charge in [-0.1, -0.05) is 30.3 Å². The first-order valence-corrected chi connectivity index (χ1v) is 6.08. The highest BCUT2D eigenvalue weighted by Crippen LogP contribution is 2.04. The fraction of sp³-hybridized carbons (Fsp3) is 0.429. The third-order valence-electron chi connectivity index (χ3n) is 2.45. The average Bonchev–Trinajstić information content (AvgIpc) is 2.28. The van der Waals surface area contributed by atoms with Gasteiger partial charge in [-0.15, -0.1) is 0 Å². The Morgan fingerprint density at radius 2 is 1.83 bits per heavy atom. The van der Waals surface area contributed by atoms with E-state index in [0.29, 0.717) is 6.54 Å². The molecule has 0 heterocycles. The summed E-state index contributed by atoms with van der Waals surface area (Å²) in [5, 5.41) is 2.78. The smallest absolute Gasteiger partial charge is 0.239 e. The van der Waals surface area contributed by atoms with E-state index in [2.05, 4.69) is 5.32 Å². The molecule has 0 fully saturated rings. The summed E-state index contributed by atoms with van der Waals surface area (Å²) in [5.74, 6) is -0.228. The number of amides is 2. The molecule has 0 saturated carbocycles. The van der Waals surface area contributed by atoms with Crippen LogP contribution in [0, 0.1) is 0 Å². The van der Waals surface area contributed by atoms with Gasteiger partial charge in [0.25, 0.3) is 0 Å². The summed E-state index contributed by atoms with van der Waals surface area (Å²) in [6.45, 7) is 5.83. The highest BCUT2D eigenvalue weighted by Gasteiger charge is 2.14. The Morgan fingerprint density at radius 3 is 2.33 bits per heavy atom. The van der Waals surface area contributed by atoms with Gasteiger partial charge in [0.15, 0.2) is 0 Å². The molecular formula is C14H20N2O2. The molecule has 0 atom stereocenters. The summed E-state index contributed by atoms with van der Waals surface area (Å²) in [7, 11) is 0. The molecule has 1 N–H and O–H groups in total. The molecule has 98 valence electrons. The van der Waals surface area contributed by atoms with Crippen LogP contribution in [-0.4, -0.2) is 29.3 Å². The normalized spacial score (nSPS) is 10.2. The van der Waals surface area contributed by atoms with Crippen LogP contribution < -0.4 is 5.32 Å². The van der Waals surface area contributed by atoms with Gasteiger partial charge in [-0.3, -0.25) is 9.59 Å². The molecule has 0 aromatic heterocycles. The molecule has 2 amide bonds. The molecule has 0 radical (unpaired) electrons. The van der Waals surface area contributed by atoms with Crippen LogP contribution in [0.2, 0.25) is 0 Å². The summed E-state index contributed by atoms with van der Waals surface area (Å²) in [5.41, 5.74) is 1.02. The summed E-state index contributed by atoms with van der Waals surface area (Å²) >= 11 is 0. The summed E-state index contributed by atoms with van der Waals surface area (Å²) in [6, 6.07) is 9.73. The Bertz CT molecular complexity index is 402. The first-order chi connectivity index (χ1) is 8.49. The maximum Gasteiger partial charge on any atom is 0.239 e. The van der Waals surface area contributed by atoms with Crippen LogP contribution in [0.4, 0.5) is 0 Å². The van der Waals surface area contributed by atoms with Crippen LogP contribution in [0.15, 0.2) is 30.3 Å². The molecule has 4 nitrogen and oxygen atoms in total. The minimum Gasteiger partial charge on any atom is -0.352 e. The quantitative estimate of drug-likeness (QED) is 0.859. The first kappa shape index (κ1) is 14.2. The topological polar surface area (TPSA) is 49.4 Å². The van der Waals surface area contributed by atoms with E-state index in [1.54, 1.807) is 0 Å². The SMILES string of the molecule is CC(=O)N(CC(=O)NC(C)C)Cc1ccccc1. The Hall–Kier alpha value is -1.84. The zero-order chi connectivity index (χ0) is 13.5. The molecule has 0 bridgehead atoms. The van der Waals surface area contributed by atoms with Gasteiger partial charge in [0.2, 0.25) is 11.8 Å². The van der Waals surface area contributed by atoms with Gasteiger partial charge in [0, 0.05) is 19.5 Å². The van der Waals surface area contributed by atoms with Crippen LogP contribution in [0.3, 0.4) is 0 Å². The van der Waals surface area contributed by atoms with Crippen molar-refractivity contribution in [1.29, 1.82) is 0 Å². The van der Waals surface area contributed by atoms with E-state index in [0.717, 1.165) is 5.56 Å². The molecule has 0 spiro atoms. The van der Waals surface area contributed by atoms with E-state index >= 15 is 0 Å². The van der Waals surface area contributed by atoms with Gasteiger partial charge in [0.05, 0.1) is 6.54 Å². The molecule has 18 heavy (non-hydrogen) atoms. The number of hydrogen-bond donors (Lipinski definition) is 1. The van der Waals surface area contributed by atoms with Crippen molar-refractivity contribution >= 4 is 11.8 Å². The van der Waals surface area contributed by atoms with Crippen LogP contribution in [0.5, 0.6) is 0 Å². The van der Waals surface area contributed by atoms with E-state index in [1.165, 1.54) is 11.8 Å². The molecule has 0 aliphatic heterocycles. The standard InChI is InChI=1S/C14H20N2O2/c1-11(2)15-14(18)10-16(12(3)17)9-13-7-5-4-6-8-13/h4-8,11H,9-10H2,1-3H3,(H,15,18). The fourth-order valence-corrected chi connectivity index (χ4v) is 1.62. The lowest BCUT2D eigenvalue weighted by atomic mass is 10.2. The second-order valence-electron chi connectivity index (χ2n) is 4.58. The van der Waals surface area contributed by atoms with Crippen molar-refractivity contribution < 1.29 is 9.59 Å². The van der Waals surface area contributed by atoms with Crippen molar-refractivity contribution in [2.75, 3.05) is 6.54 Å². The number of carbonyl (C=O) groups excluding carboxylic acids is 2. The Kier molecular flexibility index (Phi) is 5.36. The maximum atomic E-state index is 11.7. The number of benzene rings is 1. The minimum atomic E-state index is -0.129. The number of hydrogen-bond acceptors (Lipinski definition) is 2. The third-order valence-corrected chi connectivity index (χ3v) is 2.45. The number of rotatable bonds is 5. The monoisotopic (exact) mass is 248 g/mol. The van der Waals surface area contributed by atoms with Gasteiger partial charge >= 0.3 is 0 Å². The maximum absolute atomic E-state index is 11.7. The zero-order valence-corrected chi connectivity index (χ0v) is 11.1. The number of nitrogens with zero attached hydrogens (tertiary/aromatic N) is 1. The largest absolute Gasteiger partial charge is 0.352 e. The highest BCUT2D eigenvalue weighted by molar-refractivity contribution is 5.83.